The Morgan fingerprint density at radius 3 is 2.88 bits per heavy atom. The topological polar surface area (TPSA) is 51.2 Å². The van der Waals surface area contributed by atoms with Gasteiger partial charge in [-0.15, -0.1) is 11.3 Å². The number of thiazole rings is 1. The number of anilines is 1. The van der Waals surface area contributed by atoms with E-state index in [0.717, 1.165) is 27.2 Å². The van der Waals surface area contributed by atoms with Gasteiger partial charge in [0.25, 0.3) is 5.91 Å². The third-order valence-corrected chi connectivity index (χ3v) is 4.55. The highest BCUT2D eigenvalue weighted by molar-refractivity contribution is 7.21. The highest BCUT2D eigenvalue weighted by Gasteiger charge is 2.12. The lowest BCUT2D eigenvalue weighted by Crippen LogP contribution is -2.10. The van der Waals surface area contributed by atoms with Gasteiger partial charge in [-0.1, -0.05) is 25.0 Å². The van der Waals surface area contributed by atoms with Crippen molar-refractivity contribution in [3.63, 3.8) is 0 Å². The first kappa shape index (κ1) is 17.0. The van der Waals surface area contributed by atoms with Crippen molar-refractivity contribution in [2.75, 3.05) is 11.9 Å². The van der Waals surface area contributed by atoms with Crippen molar-refractivity contribution < 1.29 is 9.53 Å². The van der Waals surface area contributed by atoms with E-state index >= 15 is 0 Å². The minimum absolute atomic E-state index is 0.356. The van der Waals surface area contributed by atoms with Crippen LogP contribution in [0.5, 0.6) is 5.75 Å². The lowest BCUT2D eigenvalue weighted by molar-refractivity contribution is -0.111. The standard InChI is InChI=1S/C20H18N2O2S/c1-3-7-19(23)21-16-13-14(10-11-17(16)24-12-4-2)20-22-15-8-5-6-9-18(15)25-20/h5-6,8-11,13H,4,12H2,1-2H3,(H,21,23). The largest absolute Gasteiger partial charge is 0.491 e. The molecule has 3 aromatic rings. The molecule has 1 amide bonds. The van der Waals surface area contributed by atoms with E-state index in [2.05, 4.69) is 28.2 Å². The monoisotopic (exact) mass is 350 g/mol. The second-order valence-electron chi connectivity index (χ2n) is 5.38. The van der Waals surface area contributed by atoms with Crippen molar-refractivity contribution in [2.45, 2.75) is 20.3 Å². The number of fused-ring (bicyclic) bond motifs is 1. The normalized spacial score (nSPS) is 10.2. The summed E-state index contributed by atoms with van der Waals surface area (Å²) in [6, 6.07) is 13.7. The highest BCUT2D eigenvalue weighted by Crippen LogP contribution is 2.35. The first-order valence-electron chi connectivity index (χ1n) is 8.07. The predicted molar refractivity (Wildman–Crippen MR) is 103 cm³/mol. The molecule has 0 spiro atoms. The molecule has 25 heavy (non-hydrogen) atoms. The summed E-state index contributed by atoms with van der Waals surface area (Å²) < 4.78 is 6.87. The fourth-order valence-corrected chi connectivity index (χ4v) is 3.32. The number of nitrogens with one attached hydrogen (secondary N) is 1. The third-order valence-electron chi connectivity index (χ3n) is 3.47. The number of para-hydroxylation sites is 1. The molecule has 0 radical (unpaired) electrons. The van der Waals surface area contributed by atoms with E-state index in [1.807, 2.05) is 43.3 Å². The molecule has 0 unspecified atom stereocenters. The van der Waals surface area contributed by atoms with Crippen LogP contribution < -0.4 is 10.1 Å². The van der Waals surface area contributed by atoms with Crippen LogP contribution in [0.3, 0.4) is 0 Å². The van der Waals surface area contributed by atoms with Crippen molar-refractivity contribution in [1.29, 1.82) is 0 Å². The van der Waals surface area contributed by atoms with E-state index in [-0.39, 0.29) is 5.91 Å². The van der Waals surface area contributed by atoms with E-state index in [1.165, 1.54) is 0 Å². The van der Waals surface area contributed by atoms with Crippen LogP contribution in [0, 0.1) is 11.8 Å². The number of rotatable bonds is 5. The van der Waals surface area contributed by atoms with Crippen LogP contribution in [0.1, 0.15) is 20.3 Å². The molecule has 126 valence electrons. The molecule has 0 bridgehead atoms. The van der Waals surface area contributed by atoms with Crippen LogP contribution in [0.25, 0.3) is 20.8 Å². The minimum atomic E-state index is -0.356. The van der Waals surface area contributed by atoms with Crippen molar-refractivity contribution in [3.8, 4) is 28.2 Å². The van der Waals surface area contributed by atoms with Crippen LogP contribution in [-0.2, 0) is 4.79 Å². The van der Waals surface area contributed by atoms with Gasteiger partial charge >= 0.3 is 0 Å². The zero-order valence-corrected chi connectivity index (χ0v) is 14.9. The second kappa shape index (κ2) is 7.82. The van der Waals surface area contributed by atoms with Crippen molar-refractivity contribution in [3.05, 3.63) is 42.5 Å². The average Bonchev–Trinajstić information content (AvgIpc) is 3.05. The van der Waals surface area contributed by atoms with Gasteiger partial charge in [0.05, 0.1) is 22.5 Å². The molecule has 1 aromatic heterocycles. The van der Waals surface area contributed by atoms with Crippen LogP contribution in [0.15, 0.2) is 42.5 Å². The first-order valence-corrected chi connectivity index (χ1v) is 8.89. The Morgan fingerprint density at radius 2 is 2.12 bits per heavy atom. The maximum Gasteiger partial charge on any atom is 0.300 e. The van der Waals surface area contributed by atoms with Gasteiger partial charge < -0.3 is 10.1 Å². The Kier molecular flexibility index (Phi) is 5.32. The first-order chi connectivity index (χ1) is 12.2. The maximum absolute atomic E-state index is 11.9. The predicted octanol–water partition coefficient (Wildman–Crippen LogP) is 4.71. The van der Waals surface area contributed by atoms with E-state index < -0.39 is 0 Å². The summed E-state index contributed by atoms with van der Waals surface area (Å²) in [5.41, 5.74) is 2.51. The maximum atomic E-state index is 11.9. The van der Waals surface area contributed by atoms with Gasteiger partial charge in [0.15, 0.2) is 0 Å². The second-order valence-corrected chi connectivity index (χ2v) is 6.41. The van der Waals surface area contributed by atoms with Gasteiger partial charge in [-0.3, -0.25) is 4.79 Å². The van der Waals surface area contributed by atoms with Gasteiger partial charge in [0, 0.05) is 5.56 Å². The number of benzene rings is 2. The zero-order chi connectivity index (χ0) is 17.6. The molecule has 1 N–H and O–H groups in total. The van der Waals surface area contributed by atoms with Crippen LogP contribution >= 0.6 is 11.3 Å². The number of aromatic nitrogens is 1. The van der Waals surface area contributed by atoms with E-state index in [9.17, 15) is 4.79 Å². The number of hydrogen-bond acceptors (Lipinski definition) is 4. The van der Waals surface area contributed by atoms with Gasteiger partial charge in [-0.25, -0.2) is 4.98 Å². The molecule has 0 aliphatic rings. The summed E-state index contributed by atoms with van der Waals surface area (Å²) in [5.74, 6) is 5.37. The molecule has 0 saturated carbocycles. The van der Waals surface area contributed by atoms with Crippen molar-refractivity contribution in [2.24, 2.45) is 0 Å². The summed E-state index contributed by atoms with van der Waals surface area (Å²) in [6.45, 7) is 4.25. The molecule has 0 saturated heterocycles. The summed E-state index contributed by atoms with van der Waals surface area (Å²) in [7, 11) is 0. The lowest BCUT2D eigenvalue weighted by Gasteiger charge is -2.12. The summed E-state index contributed by atoms with van der Waals surface area (Å²) in [6.07, 6.45) is 0.891. The SMILES string of the molecule is CC#CC(=O)Nc1cc(-c2nc3ccccc3s2)ccc1OCCC. The van der Waals surface area contributed by atoms with Gasteiger partial charge in [-0.2, -0.15) is 0 Å². The van der Waals surface area contributed by atoms with Gasteiger partial charge in [-0.05, 0) is 49.6 Å². The van der Waals surface area contributed by atoms with Crippen LogP contribution in [-0.4, -0.2) is 17.5 Å². The molecule has 0 atom stereocenters. The Labute approximate surface area is 150 Å². The molecule has 0 fully saturated rings. The smallest absolute Gasteiger partial charge is 0.300 e. The molecule has 2 aromatic carbocycles. The quantitative estimate of drug-likeness (QED) is 0.678. The summed E-state index contributed by atoms with van der Waals surface area (Å²) >= 11 is 1.62. The summed E-state index contributed by atoms with van der Waals surface area (Å²) in [4.78, 5) is 16.5. The van der Waals surface area contributed by atoms with Gasteiger partial charge in [0.2, 0.25) is 0 Å². The molecule has 3 rings (SSSR count). The Balaban J connectivity index is 1.99. The Hall–Kier alpha value is -2.84. The number of hydrogen-bond donors (Lipinski definition) is 1. The Bertz CT molecular complexity index is 933. The minimum Gasteiger partial charge on any atom is -0.491 e. The van der Waals surface area contributed by atoms with Crippen molar-refractivity contribution in [1.82, 2.24) is 4.98 Å². The number of amides is 1. The number of carbonyl (C=O) groups excluding carboxylic acids is 1. The molecule has 0 aliphatic heterocycles. The molecule has 4 nitrogen and oxygen atoms in total. The van der Waals surface area contributed by atoms with E-state index in [4.69, 9.17) is 4.74 Å². The van der Waals surface area contributed by atoms with Crippen LogP contribution in [0.2, 0.25) is 0 Å². The summed E-state index contributed by atoms with van der Waals surface area (Å²) in [5, 5.41) is 3.71. The van der Waals surface area contributed by atoms with E-state index in [1.54, 1.807) is 18.3 Å². The van der Waals surface area contributed by atoms with E-state index in [0.29, 0.717) is 18.0 Å². The zero-order valence-electron chi connectivity index (χ0n) is 14.1. The molecule has 1 heterocycles. The number of ether oxygens (including phenoxy) is 1. The third kappa shape index (κ3) is 3.98. The highest BCUT2D eigenvalue weighted by atomic mass is 32.1. The fraction of sp³-hybridized carbons (Fsp3) is 0.200. The molecule has 5 heteroatoms. The average molecular weight is 350 g/mol. The molecular formula is C20H18N2O2S. The Morgan fingerprint density at radius 1 is 1.28 bits per heavy atom. The van der Waals surface area contributed by atoms with Gasteiger partial charge in [0.1, 0.15) is 10.8 Å². The molecule has 0 aliphatic carbocycles. The fourth-order valence-electron chi connectivity index (χ4n) is 2.36. The van der Waals surface area contributed by atoms with Crippen molar-refractivity contribution >= 4 is 33.1 Å². The number of nitrogens with zero attached hydrogens (tertiary/aromatic N) is 1. The number of carbonyl (C=O) groups is 1. The lowest BCUT2D eigenvalue weighted by atomic mass is 10.2. The van der Waals surface area contributed by atoms with Crippen LogP contribution in [0.4, 0.5) is 5.69 Å². The molecular weight excluding hydrogens is 332 g/mol.